The quantitative estimate of drug-likeness (QED) is 0.612. The van der Waals surface area contributed by atoms with Gasteiger partial charge in [-0.3, -0.25) is 10.0 Å². The number of carbonyl (C=O) groups excluding carboxylic acids is 1. The third-order valence-electron chi connectivity index (χ3n) is 2.60. The maximum absolute atomic E-state index is 11.5. The molecule has 86 valence electrons. The van der Waals surface area contributed by atoms with Crippen LogP contribution in [0.25, 0.3) is 11.1 Å². The smallest absolute Gasteiger partial charge is 0.275 e. The van der Waals surface area contributed by atoms with Gasteiger partial charge < -0.3 is 0 Å². The second-order valence-corrected chi connectivity index (χ2v) is 3.86. The maximum Gasteiger partial charge on any atom is 0.275 e. The van der Waals surface area contributed by atoms with Crippen LogP contribution >= 0.6 is 0 Å². The van der Waals surface area contributed by atoms with E-state index in [2.05, 4.69) is 0 Å². The molecule has 2 rings (SSSR count). The molecule has 0 spiro atoms. The Balaban J connectivity index is 2.55. The zero-order valence-corrected chi connectivity index (χ0v) is 9.47. The maximum atomic E-state index is 11.5. The topological polar surface area (TPSA) is 49.3 Å². The monoisotopic (exact) mass is 227 g/mol. The summed E-state index contributed by atoms with van der Waals surface area (Å²) in [6, 6.07) is 15.1. The van der Waals surface area contributed by atoms with Gasteiger partial charge in [-0.15, -0.1) is 0 Å². The standard InChI is InChI=1S/C14H13NO2/c1-10-5-4-6-11(9-10)12-7-2-3-8-13(12)14(16)15-17/h2-9,17H,1H3,(H,15,16). The molecule has 3 nitrogen and oxygen atoms in total. The second-order valence-electron chi connectivity index (χ2n) is 3.86. The van der Waals surface area contributed by atoms with Gasteiger partial charge in [0.2, 0.25) is 0 Å². The number of hydrogen-bond donors (Lipinski definition) is 2. The minimum atomic E-state index is -0.498. The van der Waals surface area contributed by atoms with Gasteiger partial charge in [0.25, 0.3) is 5.91 Å². The lowest BCUT2D eigenvalue weighted by Gasteiger charge is -2.08. The van der Waals surface area contributed by atoms with Crippen molar-refractivity contribution in [3.8, 4) is 11.1 Å². The molecule has 0 aliphatic carbocycles. The van der Waals surface area contributed by atoms with Crippen molar-refractivity contribution in [3.05, 3.63) is 59.7 Å². The number of amides is 1. The van der Waals surface area contributed by atoms with Crippen LogP contribution in [0, 0.1) is 6.92 Å². The second kappa shape index (κ2) is 4.80. The van der Waals surface area contributed by atoms with E-state index in [-0.39, 0.29) is 0 Å². The predicted octanol–water partition coefficient (Wildman–Crippen LogP) is 2.78. The zero-order valence-electron chi connectivity index (χ0n) is 9.47. The van der Waals surface area contributed by atoms with Crippen molar-refractivity contribution in [3.63, 3.8) is 0 Å². The van der Waals surface area contributed by atoms with Crippen molar-refractivity contribution >= 4 is 5.91 Å². The minimum absolute atomic E-state index is 0.459. The van der Waals surface area contributed by atoms with Gasteiger partial charge in [0.15, 0.2) is 0 Å². The first-order valence-corrected chi connectivity index (χ1v) is 5.33. The van der Waals surface area contributed by atoms with Crippen LogP contribution in [0.5, 0.6) is 0 Å². The highest BCUT2D eigenvalue weighted by Gasteiger charge is 2.11. The fraction of sp³-hybridized carbons (Fsp3) is 0.0714. The molecule has 0 fully saturated rings. The molecule has 0 saturated carbocycles. The van der Waals surface area contributed by atoms with Gasteiger partial charge in [0.1, 0.15) is 0 Å². The normalized spacial score (nSPS) is 10.0. The number of nitrogens with one attached hydrogen (secondary N) is 1. The van der Waals surface area contributed by atoms with Crippen molar-refractivity contribution in [2.75, 3.05) is 0 Å². The largest absolute Gasteiger partial charge is 0.288 e. The fourth-order valence-electron chi connectivity index (χ4n) is 1.81. The van der Waals surface area contributed by atoms with Crippen LogP contribution in [-0.2, 0) is 0 Å². The Labute approximate surface area is 99.7 Å². The van der Waals surface area contributed by atoms with Gasteiger partial charge in [0.05, 0.1) is 0 Å². The molecule has 1 amide bonds. The van der Waals surface area contributed by atoms with Gasteiger partial charge >= 0.3 is 0 Å². The first kappa shape index (κ1) is 11.4. The summed E-state index contributed by atoms with van der Waals surface area (Å²) in [4.78, 5) is 11.5. The van der Waals surface area contributed by atoms with E-state index in [0.29, 0.717) is 5.56 Å². The third-order valence-corrected chi connectivity index (χ3v) is 2.60. The summed E-state index contributed by atoms with van der Waals surface area (Å²) in [6.45, 7) is 2.00. The first-order chi connectivity index (χ1) is 8.22. The van der Waals surface area contributed by atoms with Crippen LogP contribution in [0.4, 0.5) is 0 Å². The van der Waals surface area contributed by atoms with Crippen LogP contribution in [0.3, 0.4) is 0 Å². The molecular weight excluding hydrogens is 214 g/mol. The number of hydrogen-bond acceptors (Lipinski definition) is 2. The van der Waals surface area contributed by atoms with E-state index in [4.69, 9.17) is 5.21 Å². The molecule has 3 heteroatoms. The fourth-order valence-corrected chi connectivity index (χ4v) is 1.81. The third kappa shape index (κ3) is 2.34. The highest BCUT2D eigenvalue weighted by molar-refractivity contribution is 6.00. The molecule has 0 bridgehead atoms. The Morgan fingerprint density at radius 3 is 2.59 bits per heavy atom. The Bertz CT molecular complexity index is 549. The molecule has 0 aliphatic heterocycles. The number of benzene rings is 2. The van der Waals surface area contributed by atoms with Crippen molar-refractivity contribution in [1.29, 1.82) is 0 Å². The molecule has 2 N–H and O–H groups in total. The van der Waals surface area contributed by atoms with E-state index in [1.807, 2.05) is 43.3 Å². The van der Waals surface area contributed by atoms with E-state index in [1.165, 1.54) is 0 Å². The summed E-state index contributed by atoms with van der Waals surface area (Å²) in [7, 11) is 0. The van der Waals surface area contributed by atoms with E-state index in [0.717, 1.165) is 16.7 Å². The van der Waals surface area contributed by atoms with Crippen molar-refractivity contribution < 1.29 is 10.0 Å². The van der Waals surface area contributed by atoms with E-state index >= 15 is 0 Å². The summed E-state index contributed by atoms with van der Waals surface area (Å²) >= 11 is 0. The predicted molar refractivity (Wildman–Crippen MR) is 65.9 cm³/mol. The van der Waals surface area contributed by atoms with Gasteiger partial charge in [-0.25, -0.2) is 5.48 Å². The summed E-state index contributed by atoms with van der Waals surface area (Å²) in [5.41, 5.74) is 5.02. The van der Waals surface area contributed by atoms with Gasteiger partial charge in [-0.1, -0.05) is 48.0 Å². The first-order valence-electron chi connectivity index (χ1n) is 5.33. The number of aryl methyl sites for hydroxylation is 1. The van der Waals surface area contributed by atoms with Crippen LogP contribution < -0.4 is 5.48 Å². The van der Waals surface area contributed by atoms with E-state index in [9.17, 15) is 4.79 Å². The minimum Gasteiger partial charge on any atom is -0.288 e. The van der Waals surface area contributed by atoms with Crippen LogP contribution in [0.1, 0.15) is 15.9 Å². The molecule has 0 saturated heterocycles. The zero-order chi connectivity index (χ0) is 12.3. The Morgan fingerprint density at radius 2 is 1.88 bits per heavy atom. The summed E-state index contributed by atoms with van der Waals surface area (Å²) in [5.74, 6) is -0.498. The Morgan fingerprint density at radius 1 is 1.12 bits per heavy atom. The van der Waals surface area contributed by atoms with E-state index < -0.39 is 5.91 Å². The SMILES string of the molecule is Cc1cccc(-c2ccccc2C(=O)NO)c1. The summed E-state index contributed by atoms with van der Waals surface area (Å²) in [6.07, 6.45) is 0. The average molecular weight is 227 g/mol. The summed E-state index contributed by atoms with van der Waals surface area (Å²) < 4.78 is 0. The van der Waals surface area contributed by atoms with Crippen LogP contribution in [0.15, 0.2) is 48.5 Å². The molecule has 2 aromatic rings. The van der Waals surface area contributed by atoms with Crippen LogP contribution in [-0.4, -0.2) is 11.1 Å². The van der Waals surface area contributed by atoms with Gasteiger partial charge in [-0.2, -0.15) is 0 Å². The highest BCUT2D eigenvalue weighted by Crippen LogP contribution is 2.24. The number of carbonyl (C=O) groups is 1. The van der Waals surface area contributed by atoms with Crippen molar-refractivity contribution in [1.82, 2.24) is 5.48 Å². The van der Waals surface area contributed by atoms with E-state index in [1.54, 1.807) is 17.6 Å². The average Bonchev–Trinajstić information content (AvgIpc) is 2.38. The summed E-state index contributed by atoms with van der Waals surface area (Å²) in [5, 5.41) is 8.71. The molecular formula is C14H13NO2. The molecule has 0 unspecified atom stereocenters. The van der Waals surface area contributed by atoms with Gasteiger partial charge in [-0.05, 0) is 24.1 Å². The molecule has 0 heterocycles. The number of rotatable bonds is 2. The van der Waals surface area contributed by atoms with Crippen LogP contribution in [0.2, 0.25) is 0 Å². The Kier molecular flexibility index (Phi) is 3.21. The number of hydroxylamine groups is 1. The molecule has 0 radical (unpaired) electrons. The molecule has 0 aromatic heterocycles. The molecule has 2 aromatic carbocycles. The lowest BCUT2D eigenvalue weighted by molar-refractivity contribution is 0.0707. The van der Waals surface area contributed by atoms with Gasteiger partial charge in [0, 0.05) is 5.56 Å². The molecule has 0 atom stereocenters. The molecule has 0 aliphatic rings. The lowest BCUT2D eigenvalue weighted by atomic mass is 9.98. The Hall–Kier alpha value is -2.13. The van der Waals surface area contributed by atoms with Crippen molar-refractivity contribution in [2.24, 2.45) is 0 Å². The lowest BCUT2D eigenvalue weighted by Crippen LogP contribution is -2.19. The van der Waals surface area contributed by atoms with Crippen molar-refractivity contribution in [2.45, 2.75) is 6.92 Å². The molecule has 17 heavy (non-hydrogen) atoms. The highest BCUT2D eigenvalue weighted by atomic mass is 16.5.